The number of hydrogen-bond acceptors (Lipinski definition) is 22. The summed E-state index contributed by atoms with van der Waals surface area (Å²) >= 11 is 0. The van der Waals surface area contributed by atoms with E-state index in [4.69, 9.17) is 47.4 Å². The molecule has 0 bridgehead atoms. The molecule has 0 spiro atoms. The number of hydrogen-bond donors (Lipinski definition) is 12. The normalized spacial score (nSPS) is 55.5. The monoisotopic (exact) mass is 778 g/mol. The first-order valence-electron chi connectivity index (χ1n) is 17.4. The lowest BCUT2D eigenvalue weighted by atomic mass is 9.95. The third kappa shape index (κ3) is 8.69. The maximum absolute atomic E-state index is 11.7. The van der Waals surface area contributed by atoms with Crippen molar-refractivity contribution in [2.24, 2.45) is 0 Å². The van der Waals surface area contributed by atoms with Crippen molar-refractivity contribution in [2.45, 2.75) is 181 Å². The molecule has 310 valence electrons. The molecule has 5 aliphatic rings. The molecule has 0 aromatic carbocycles. The first kappa shape index (κ1) is 43.2. The van der Waals surface area contributed by atoms with Gasteiger partial charge in [-0.1, -0.05) is 0 Å². The first-order chi connectivity index (χ1) is 24.9. The predicted molar refractivity (Wildman–Crippen MR) is 166 cm³/mol. The van der Waals surface area contributed by atoms with E-state index in [-0.39, 0.29) is 0 Å². The molecule has 53 heavy (non-hydrogen) atoms. The van der Waals surface area contributed by atoms with E-state index in [0.717, 1.165) is 0 Å². The molecule has 22 nitrogen and oxygen atoms in total. The van der Waals surface area contributed by atoms with E-state index in [2.05, 4.69) is 0 Å². The second kappa shape index (κ2) is 17.7. The second-order valence-corrected chi connectivity index (χ2v) is 14.1. The summed E-state index contributed by atoms with van der Waals surface area (Å²) < 4.78 is 57.0. The molecule has 0 amide bonds. The van der Waals surface area contributed by atoms with E-state index in [1.165, 1.54) is 34.8 Å². The molecule has 5 rings (SSSR count). The highest BCUT2D eigenvalue weighted by molar-refractivity contribution is 4.98. The van der Waals surface area contributed by atoms with Crippen LogP contribution in [0.4, 0.5) is 0 Å². The molecule has 0 radical (unpaired) electrons. The summed E-state index contributed by atoms with van der Waals surface area (Å²) in [5, 5.41) is 127. The number of methoxy groups -OCH3 is 1. The largest absolute Gasteiger partial charge is 0.394 e. The van der Waals surface area contributed by atoms with Gasteiger partial charge in [0.05, 0.1) is 31.0 Å². The minimum absolute atomic E-state index is 0.747. The van der Waals surface area contributed by atoms with Gasteiger partial charge in [-0.05, 0) is 27.7 Å². The Labute approximate surface area is 303 Å². The Morgan fingerprint density at radius 1 is 0.377 bits per heavy atom. The van der Waals surface area contributed by atoms with Gasteiger partial charge >= 0.3 is 0 Å². The molecule has 5 saturated heterocycles. The van der Waals surface area contributed by atoms with Gasteiger partial charge in [-0.2, -0.15) is 0 Å². The van der Waals surface area contributed by atoms with Gasteiger partial charge in [-0.25, -0.2) is 0 Å². The molecule has 0 unspecified atom stereocenters. The molecule has 5 fully saturated rings. The summed E-state index contributed by atoms with van der Waals surface area (Å²) in [5.41, 5.74) is 0. The van der Waals surface area contributed by atoms with Crippen LogP contribution >= 0.6 is 0 Å². The summed E-state index contributed by atoms with van der Waals surface area (Å²) in [6.07, 6.45) is -38.2. The smallest absolute Gasteiger partial charge is 0.187 e. The number of ether oxygens (including phenoxy) is 10. The Hall–Kier alpha value is -0.880. The Kier molecular flexibility index (Phi) is 14.5. The van der Waals surface area contributed by atoms with Crippen LogP contribution in [0.1, 0.15) is 27.7 Å². The maximum atomic E-state index is 11.7. The second-order valence-electron chi connectivity index (χ2n) is 14.1. The molecule has 0 aromatic rings. The van der Waals surface area contributed by atoms with Crippen molar-refractivity contribution in [3.63, 3.8) is 0 Å². The minimum atomic E-state index is -1.89. The highest BCUT2D eigenvalue weighted by Crippen LogP contribution is 2.36. The van der Waals surface area contributed by atoms with E-state index < -0.39 is 160 Å². The average Bonchev–Trinajstić information content (AvgIpc) is 3.12. The summed E-state index contributed by atoms with van der Waals surface area (Å²) in [6, 6.07) is 0. The van der Waals surface area contributed by atoms with E-state index in [1.54, 1.807) is 0 Å². The summed E-state index contributed by atoms with van der Waals surface area (Å²) in [5.74, 6) is 0. The summed E-state index contributed by atoms with van der Waals surface area (Å²) in [6.45, 7) is 4.96. The Bertz CT molecular complexity index is 1160. The van der Waals surface area contributed by atoms with Crippen LogP contribution in [0.25, 0.3) is 0 Å². The molecule has 22 heteroatoms. The fourth-order valence-corrected chi connectivity index (χ4v) is 7.08. The Balaban J connectivity index is 1.35. The van der Waals surface area contributed by atoms with Crippen molar-refractivity contribution in [3.05, 3.63) is 0 Å². The van der Waals surface area contributed by atoms with Crippen molar-refractivity contribution in [2.75, 3.05) is 13.7 Å². The molecule has 12 N–H and O–H groups in total. The number of aliphatic hydroxyl groups is 12. The van der Waals surface area contributed by atoms with Crippen molar-refractivity contribution >= 4 is 0 Å². The fraction of sp³-hybridized carbons (Fsp3) is 1.00. The molecular formula is C31H54O22. The summed E-state index contributed by atoms with van der Waals surface area (Å²) in [7, 11) is 1.18. The quantitative estimate of drug-likeness (QED) is 0.0980. The topological polar surface area (TPSA) is 335 Å². The van der Waals surface area contributed by atoms with E-state index in [0.29, 0.717) is 0 Å². The van der Waals surface area contributed by atoms with Gasteiger partial charge in [0, 0.05) is 7.11 Å². The molecule has 0 aromatic heterocycles. The van der Waals surface area contributed by atoms with Crippen LogP contribution in [-0.4, -0.2) is 229 Å². The van der Waals surface area contributed by atoms with Crippen LogP contribution < -0.4 is 0 Å². The molecule has 0 saturated carbocycles. The molecule has 0 aliphatic carbocycles. The van der Waals surface area contributed by atoms with Crippen molar-refractivity contribution in [3.8, 4) is 0 Å². The van der Waals surface area contributed by atoms with Crippen molar-refractivity contribution in [1.29, 1.82) is 0 Å². The van der Waals surface area contributed by atoms with Crippen LogP contribution in [0.3, 0.4) is 0 Å². The molecule has 5 aliphatic heterocycles. The van der Waals surface area contributed by atoms with Crippen molar-refractivity contribution < 1.29 is 109 Å². The minimum Gasteiger partial charge on any atom is -0.394 e. The Morgan fingerprint density at radius 3 is 1.42 bits per heavy atom. The highest BCUT2D eigenvalue weighted by Gasteiger charge is 2.56. The lowest BCUT2D eigenvalue weighted by molar-refractivity contribution is -0.399. The zero-order chi connectivity index (χ0) is 39.2. The highest BCUT2D eigenvalue weighted by atomic mass is 16.8. The van der Waals surface area contributed by atoms with Gasteiger partial charge < -0.3 is 109 Å². The zero-order valence-corrected chi connectivity index (χ0v) is 29.6. The average molecular weight is 779 g/mol. The zero-order valence-electron chi connectivity index (χ0n) is 29.6. The van der Waals surface area contributed by atoms with Crippen LogP contribution in [0, 0.1) is 0 Å². The van der Waals surface area contributed by atoms with Crippen LogP contribution in [0.5, 0.6) is 0 Å². The van der Waals surface area contributed by atoms with Gasteiger partial charge in [0.25, 0.3) is 0 Å². The maximum Gasteiger partial charge on any atom is 0.187 e. The van der Waals surface area contributed by atoms with Crippen LogP contribution in [-0.2, 0) is 47.4 Å². The molecule has 25 atom stereocenters. The van der Waals surface area contributed by atoms with Gasteiger partial charge in [0.2, 0.25) is 0 Å². The lowest BCUT2D eigenvalue weighted by Gasteiger charge is -2.50. The van der Waals surface area contributed by atoms with E-state index >= 15 is 0 Å². The van der Waals surface area contributed by atoms with Crippen LogP contribution in [0.2, 0.25) is 0 Å². The summed E-state index contributed by atoms with van der Waals surface area (Å²) in [4.78, 5) is 0. The van der Waals surface area contributed by atoms with Gasteiger partial charge in [-0.3, -0.25) is 0 Å². The SMILES string of the molecule is CO[C@H]1[C@H](O[C@H]2[C@@H](O)[C@H](O[C@@H]3[C@@H](O)[C@@H](O)[C@H](O[C@@H]4[C@@H](O)[C@@H](O)[C@@H](C)O[C@H]4O)O[C@H]3C)O[C@@H](C)[C@@H]2O[C@@H]2O[C@@H](C)[C@H](O)[C@@H](O)[C@H]2O)O[C@H](CO)[C@@H](O)[C@@H]1O. The molecule has 5 heterocycles. The third-order valence-corrected chi connectivity index (χ3v) is 10.4. The van der Waals surface area contributed by atoms with E-state index in [1.807, 2.05) is 0 Å². The van der Waals surface area contributed by atoms with Crippen LogP contribution in [0.15, 0.2) is 0 Å². The van der Waals surface area contributed by atoms with Crippen molar-refractivity contribution in [1.82, 2.24) is 0 Å². The van der Waals surface area contributed by atoms with Gasteiger partial charge in [-0.15, -0.1) is 0 Å². The standard InChI is InChI=1S/C31H54O22/c1-7-13(34)16(37)25(27(43)45-7)53-29-20(41)18(39)22(9(3)47-29)50-30-21(42)24(52-31-26(44-5)17(38)14(35)11(6-32)49-31)23(10(4)48-30)51-28-19(40)15(36)12(33)8(2)46-28/h7-43H,6H2,1-5H3/t7-,8+,9+,10+,11-,12+,13+,14-,15-,16+,17+,18+,19-,20-,21-,22+,23+,24+,25-,26-,27-,28+,29+,30+,31+/m1/s1. The Morgan fingerprint density at radius 2 is 0.811 bits per heavy atom. The number of aliphatic hydroxyl groups excluding tert-OH is 12. The predicted octanol–water partition coefficient (Wildman–Crippen LogP) is -7.16. The first-order valence-corrected chi connectivity index (χ1v) is 17.4. The lowest BCUT2D eigenvalue weighted by Crippen LogP contribution is -2.67. The van der Waals surface area contributed by atoms with Gasteiger partial charge in [0.1, 0.15) is 97.7 Å². The van der Waals surface area contributed by atoms with E-state index in [9.17, 15) is 61.3 Å². The number of rotatable bonds is 10. The molecular weight excluding hydrogens is 724 g/mol. The van der Waals surface area contributed by atoms with Gasteiger partial charge in [0.15, 0.2) is 31.5 Å². The third-order valence-electron chi connectivity index (χ3n) is 10.4. The fourth-order valence-electron chi connectivity index (χ4n) is 7.08.